The van der Waals surface area contributed by atoms with Crippen LogP contribution in [-0.2, 0) is 0 Å². The van der Waals surface area contributed by atoms with E-state index in [9.17, 15) is 0 Å². The van der Waals surface area contributed by atoms with Gasteiger partial charge in [0.25, 0.3) is 0 Å². The van der Waals surface area contributed by atoms with Crippen LogP contribution in [0.15, 0.2) is 73.3 Å². The highest BCUT2D eigenvalue weighted by molar-refractivity contribution is 5.57. The summed E-state index contributed by atoms with van der Waals surface area (Å²) in [7, 11) is 3.39. The van der Waals surface area contributed by atoms with E-state index in [4.69, 9.17) is 9.47 Å². The van der Waals surface area contributed by atoms with Crippen molar-refractivity contribution in [3.8, 4) is 11.5 Å². The second-order valence-corrected chi connectivity index (χ2v) is 7.09. The maximum absolute atomic E-state index is 5.24. The predicted octanol–water partition coefficient (Wildman–Crippen LogP) is 6.40. The standard InChI is InChI=1S/C25H28O2/c1-4-5-6-22-19-25(22,17-15-20-7-11-23(26-2)12-8-20)18-16-21-9-13-24(27-3)14-10-21/h4,7-18,22H,1,5-6,19H2,2-3H3/b17-15+,18-16+. The van der Waals surface area contributed by atoms with Gasteiger partial charge >= 0.3 is 0 Å². The van der Waals surface area contributed by atoms with Crippen LogP contribution in [0, 0.1) is 11.3 Å². The first kappa shape index (κ1) is 19.0. The number of hydrogen-bond acceptors (Lipinski definition) is 2. The Kier molecular flexibility index (Phi) is 6.18. The monoisotopic (exact) mass is 360 g/mol. The highest BCUT2D eigenvalue weighted by Gasteiger charge is 2.48. The first-order valence-corrected chi connectivity index (χ1v) is 9.46. The van der Waals surface area contributed by atoms with Crippen molar-refractivity contribution in [1.82, 2.24) is 0 Å². The summed E-state index contributed by atoms with van der Waals surface area (Å²) in [5, 5.41) is 0. The topological polar surface area (TPSA) is 18.5 Å². The summed E-state index contributed by atoms with van der Waals surface area (Å²) < 4.78 is 10.5. The number of benzene rings is 2. The first-order chi connectivity index (χ1) is 13.2. The zero-order valence-corrected chi connectivity index (χ0v) is 16.2. The highest BCUT2D eigenvalue weighted by atomic mass is 16.5. The van der Waals surface area contributed by atoms with E-state index in [0.717, 1.165) is 17.9 Å². The van der Waals surface area contributed by atoms with Gasteiger partial charge in [-0.25, -0.2) is 0 Å². The molecule has 0 bridgehead atoms. The molecule has 1 aliphatic carbocycles. The van der Waals surface area contributed by atoms with E-state index in [0.29, 0.717) is 5.92 Å². The largest absolute Gasteiger partial charge is 0.497 e. The van der Waals surface area contributed by atoms with Gasteiger partial charge in [0.05, 0.1) is 14.2 Å². The van der Waals surface area contributed by atoms with Gasteiger partial charge in [-0.2, -0.15) is 0 Å². The van der Waals surface area contributed by atoms with Gasteiger partial charge in [-0.1, -0.05) is 54.6 Å². The highest BCUT2D eigenvalue weighted by Crippen LogP contribution is 2.58. The summed E-state index contributed by atoms with van der Waals surface area (Å²) in [6.45, 7) is 3.87. The summed E-state index contributed by atoms with van der Waals surface area (Å²) in [6.07, 6.45) is 14.6. The molecule has 0 heterocycles. The van der Waals surface area contributed by atoms with Crippen LogP contribution in [0.2, 0.25) is 0 Å². The zero-order valence-electron chi connectivity index (χ0n) is 16.2. The fraction of sp³-hybridized carbons (Fsp3) is 0.280. The molecule has 1 aliphatic rings. The van der Waals surface area contributed by atoms with E-state index < -0.39 is 0 Å². The molecule has 1 atom stereocenters. The maximum atomic E-state index is 5.24. The van der Waals surface area contributed by atoms with Crippen LogP contribution < -0.4 is 9.47 Å². The van der Waals surface area contributed by atoms with Gasteiger partial charge in [-0.15, -0.1) is 6.58 Å². The Labute approximate surface area is 162 Å². The van der Waals surface area contributed by atoms with Crippen molar-refractivity contribution in [2.24, 2.45) is 11.3 Å². The zero-order chi connectivity index (χ0) is 19.1. The Hall–Kier alpha value is -2.74. The van der Waals surface area contributed by atoms with E-state index in [2.05, 4.69) is 55.1 Å². The molecule has 27 heavy (non-hydrogen) atoms. The van der Waals surface area contributed by atoms with Crippen molar-refractivity contribution >= 4 is 12.2 Å². The molecule has 2 nitrogen and oxygen atoms in total. The molecular formula is C25H28O2. The average Bonchev–Trinajstić information content (AvgIpc) is 3.43. The third-order valence-electron chi connectivity index (χ3n) is 5.32. The van der Waals surface area contributed by atoms with Crippen molar-refractivity contribution in [2.45, 2.75) is 19.3 Å². The molecule has 0 saturated heterocycles. The lowest BCUT2D eigenvalue weighted by atomic mass is 9.97. The summed E-state index contributed by atoms with van der Waals surface area (Å²) in [4.78, 5) is 0. The summed E-state index contributed by atoms with van der Waals surface area (Å²) >= 11 is 0. The lowest BCUT2D eigenvalue weighted by Gasteiger charge is -2.08. The smallest absolute Gasteiger partial charge is 0.118 e. The van der Waals surface area contributed by atoms with Crippen LogP contribution >= 0.6 is 0 Å². The number of hydrogen-bond donors (Lipinski definition) is 0. The molecule has 3 rings (SSSR count). The van der Waals surface area contributed by atoms with Crippen LogP contribution in [0.5, 0.6) is 11.5 Å². The molecule has 2 heteroatoms. The van der Waals surface area contributed by atoms with Crippen molar-refractivity contribution < 1.29 is 9.47 Å². The van der Waals surface area contributed by atoms with Gasteiger partial charge in [0.15, 0.2) is 0 Å². The molecule has 1 saturated carbocycles. The van der Waals surface area contributed by atoms with E-state index >= 15 is 0 Å². The van der Waals surface area contributed by atoms with E-state index in [-0.39, 0.29) is 5.41 Å². The molecule has 0 spiro atoms. The minimum absolute atomic E-state index is 0.142. The molecule has 140 valence electrons. The van der Waals surface area contributed by atoms with Crippen LogP contribution in [0.3, 0.4) is 0 Å². The number of allylic oxidation sites excluding steroid dienone is 3. The van der Waals surface area contributed by atoms with E-state index in [1.54, 1.807) is 14.2 Å². The Morgan fingerprint density at radius 1 is 0.889 bits per heavy atom. The predicted molar refractivity (Wildman–Crippen MR) is 114 cm³/mol. The van der Waals surface area contributed by atoms with Crippen molar-refractivity contribution in [3.63, 3.8) is 0 Å². The lowest BCUT2D eigenvalue weighted by molar-refractivity contribution is 0.414. The molecule has 0 aliphatic heterocycles. The van der Waals surface area contributed by atoms with Crippen molar-refractivity contribution in [2.75, 3.05) is 14.2 Å². The second-order valence-electron chi connectivity index (χ2n) is 7.09. The lowest BCUT2D eigenvalue weighted by Crippen LogP contribution is -1.96. The SMILES string of the molecule is C=CCCC1CC1(/C=C/c1ccc(OC)cc1)/C=C/c1ccc(OC)cc1. The molecule has 2 aromatic carbocycles. The average molecular weight is 360 g/mol. The Morgan fingerprint density at radius 3 is 1.78 bits per heavy atom. The normalized spacial score (nSPS) is 17.9. The third-order valence-corrected chi connectivity index (χ3v) is 5.32. The van der Waals surface area contributed by atoms with Crippen LogP contribution in [0.4, 0.5) is 0 Å². The van der Waals surface area contributed by atoms with Gasteiger partial charge < -0.3 is 9.47 Å². The molecule has 0 aromatic heterocycles. The summed E-state index contributed by atoms with van der Waals surface area (Å²) in [6, 6.07) is 16.4. The van der Waals surface area contributed by atoms with Crippen LogP contribution in [0.1, 0.15) is 30.4 Å². The van der Waals surface area contributed by atoms with Gasteiger partial charge in [0, 0.05) is 5.41 Å². The minimum Gasteiger partial charge on any atom is -0.497 e. The van der Waals surface area contributed by atoms with Gasteiger partial charge in [-0.05, 0) is 60.6 Å². The van der Waals surface area contributed by atoms with Crippen LogP contribution in [0.25, 0.3) is 12.2 Å². The molecule has 0 N–H and O–H groups in total. The minimum atomic E-state index is 0.142. The van der Waals surface area contributed by atoms with Gasteiger partial charge in [-0.3, -0.25) is 0 Å². The fourth-order valence-corrected chi connectivity index (χ4v) is 3.45. The molecule has 1 fully saturated rings. The van der Waals surface area contributed by atoms with Gasteiger partial charge in [0.2, 0.25) is 0 Å². The first-order valence-electron chi connectivity index (χ1n) is 9.46. The number of ether oxygens (including phenoxy) is 2. The quantitative estimate of drug-likeness (QED) is 0.482. The molecule has 1 unspecified atom stereocenters. The second kappa shape index (κ2) is 8.77. The Morgan fingerprint density at radius 2 is 1.37 bits per heavy atom. The molecular weight excluding hydrogens is 332 g/mol. The number of rotatable bonds is 9. The van der Waals surface area contributed by atoms with Crippen molar-refractivity contribution in [1.29, 1.82) is 0 Å². The Balaban J connectivity index is 1.75. The molecule has 2 aromatic rings. The molecule has 0 amide bonds. The maximum Gasteiger partial charge on any atom is 0.118 e. The van der Waals surface area contributed by atoms with E-state index in [1.165, 1.54) is 24.0 Å². The third kappa shape index (κ3) is 4.91. The number of methoxy groups -OCH3 is 2. The summed E-state index contributed by atoms with van der Waals surface area (Å²) in [5.41, 5.74) is 2.54. The Bertz CT molecular complexity index is 740. The van der Waals surface area contributed by atoms with Crippen LogP contribution in [-0.4, -0.2) is 14.2 Å². The van der Waals surface area contributed by atoms with E-state index in [1.807, 2.05) is 30.3 Å². The van der Waals surface area contributed by atoms with Gasteiger partial charge in [0.1, 0.15) is 11.5 Å². The molecule has 0 radical (unpaired) electrons. The van der Waals surface area contributed by atoms with Crippen molar-refractivity contribution in [3.05, 3.63) is 84.5 Å². The fourth-order valence-electron chi connectivity index (χ4n) is 3.45. The summed E-state index contributed by atoms with van der Waals surface area (Å²) in [5.74, 6) is 2.45.